The zero-order valence-corrected chi connectivity index (χ0v) is 12.7. The van der Waals surface area contributed by atoms with Gasteiger partial charge < -0.3 is 9.84 Å². The third-order valence-corrected chi connectivity index (χ3v) is 5.34. The van der Waals surface area contributed by atoms with E-state index >= 15 is 0 Å². The third-order valence-electron chi connectivity index (χ3n) is 5.34. The summed E-state index contributed by atoms with van der Waals surface area (Å²) in [4.78, 5) is 23.7. The fourth-order valence-corrected chi connectivity index (χ4v) is 4.56. The lowest BCUT2D eigenvalue weighted by Crippen LogP contribution is -2.25. The number of Topliss-reactive ketones (excluding diaryl/α,β-unsaturated/α-hetero) is 1. The minimum Gasteiger partial charge on any atom is -0.466 e. The lowest BCUT2D eigenvalue weighted by atomic mass is 9.82. The highest BCUT2D eigenvalue weighted by Crippen LogP contribution is 2.54. The topological polar surface area (TPSA) is 63.6 Å². The molecular formula is C16H26O4. The van der Waals surface area contributed by atoms with Gasteiger partial charge in [0.1, 0.15) is 5.78 Å². The van der Waals surface area contributed by atoms with Crippen molar-refractivity contribution in [1.29, 1.82) is 0 Å². The fraction of sp³-hybridized carbons (Fsp3) is 0.875. The van der Waals surface area contributed by atoms with Gasteiger partial charge in [0.15, 0.2) is 0 Å². The Morgan fingerprint density at radius 2 is 2.10 bits per heavy atom. The van der Waals surface area contributed by atoms with Gasteiger partial charge in [-0.25, -0.2) is 0 Å². The second kappa shape index (κ2) is 6.25. The van der Waals surface area contributed by atoms with E-state index < -0.39 is 0 Å². The van der Waals surface area contributed by atoms with Crippen molar-refractivity contribution in [3.63, 3.8) is 0 Å². The first-order valence-electron chi connectivity index (χ1n) is 7.79. The van der Waals surface area contributed by atoms with Crippen LogP contribution in [0.2, 0.25) is 0 Å². The largest absolute Gasteiger partial charge is 0.466 e. The fourth-order valence-electron chi connectivity index (χ4n) is 4.56. The van der Waals surface area contributed by atoms with E-state index in [2.05, 4.69) is 13.8 Å². The summed E-state index contributed by atoms with van der Waals surface area (Å²) in [5.41, 5.74) is 0. The minimum absolute atomic E-state index is 0.0157. The molecule has 0 spiro atoms. The molecule has 2 aliphatic carbocycles. The molecule has 2 saturated carbocycles. The molecular weight excluding hydrogens is 256 g/mol. The molecule has 2 aliphatic rings. The second-order valence-electron chi connectivity index (χ2n) is 6.50. The summed E-state index contributed by atoms with van der Waals surface area (Å²) >= 11 is 0. The first kappa shape index (κ1) is 15.5. The highest BCUT2D eigenvalue weighted by molar-refractivity contribution is 5.87. The van der Waals surface area contributed by atoms with Crippen LogP contribution < -0.4 is 0 Å². The Labute approximate surface area is 120 Å². The molecule has 0 unspecified atom stereocenters. The standard InChI is InChI=1S/C16H26O4/c1-4-5-13-9(2)14-11(7-17)6-12(8-20-10(3)18)15(14)16(13)19/h9,11-15,17H,4-8H2,1-3H3/t9-,11-,12+,13-,14-,15+/m0/s1. The van der Waals surface area contributed by atoms with Crippen LogP contribution in [0.1, 0.15) is 40.0 Å². The Morgan fingerprint density at radius 1 is 1.40 bits per heavy atom. The van der Waals surface area contributed by atoms with Crippen molar-refractivity contribution in [2.24, 2.45) is 35.5 Å². The number of hydrogen-bond donors (Lipinski definition) is 1. The van der Waals surface area contributed by atoms with Crippen LogP contribution in [-0.4, -0.2) is 30.1 Å². The minimum atomic E-state index is -0.294. The number of aliphatic hydroxyl groups excluding tert-OH is 1. The van der Waals surface area contributed by atoms with Gasteiger partial charge in [-0.2, -0.15) is 0 Å². The summed E-state index contributed by atoms with van der Waals surface area (Å²) in [6, 6.07) is 0. The number of fused-ring (bicyclic) bond motifs is 1. The van der Waals surface area contributed by atoms with Crippen LogP contribution in [0.4, 0.5) is 0 Å². The molecule has 0 aromatic heterocycles. The molecule has 4 nitrogen and oxygen atoms in total. The Bertz CT molecular complexity index is 379. The van der Waals surface area contributed by atoms with E-state index in [4.69, 9.17) is 4.74 Å². The highest BCUT2D eigenvalue weighted by Gasteiger charge is 2.57. The van der Waals surface area contributed by atoms with Gasteiger partial charge in [-0.15, -0.1) is 0 Å². The molecule has 0 aromatic rings. The summed E-state index contributed by atoms with van der Waals surface area (Å²) in [6.45, 7) is 6.11. The van der Waals surface area contributed by atoms with Crippen molar-refractivity contribution < 1.29 is 19.4 Å². The Kier molecular flexibility index (Phi) is 4.84. The molecule has 0 heterocycles. The van der Waals surface area contributed by atoms with E-state index in [1.54, 1.807) is 0 Å². The van der Waals surface area contributed by atoms with Gasteiger partial charge in [-0.1, -0.05) is 20.3 Å². The average molecular weight is 282 g/mol. The van der Waals surface area contributed by atoms with Crippen LogP contribution in [-0.2, 0) is 14.3 Å². The lowest BCUT2D eigenvalue weighted by Gasteiger charge is -2.23. The van der Waals surface area contributed by atoms with E-state index in [0.717, 1.165) is 19.3 Å². The zero-order chi connectivity index (χ0) is 14.9. The predicted molar refractivity (Wildman–Crippen MR) is 74.9 cm³/mol. The van der Waals surface area contributed by atoms with E-state index in [-0.39, 0.29) is 42.2 Å². The van der Waals surface area contributed by atoms with Crippen LogP contribution in [0.25, 0.3) is 0 Å². The molecule has 0 aliphatic heterocycles. The molecule has 2 rings (SSSR count). The smallest absolute Gasteiger partial charge is 0.302 e. The molecule has 6 atom stereocenters. The van der Waals surface area contributed by atoms with Crippen molar-refractivity contribution in [3.8, 4) is 0 Å². The van der Waals surface area contributed by atoms with Crippen LogP contribution in [0.3, 0.4) is 0 Å². The molecule has 0 amide bonds. The van der Waals surface area contributed by atoms with E-state index in [1.807, 2.05) is 0 Å². The maximum Gasteiger partial charge on any atom is 0.302 e. The molecule has 0 radical (unpaired) electrons. The van der Waals surface area contributed by atoms with Crippen LogP contribution >= 0.6 is 0 Å². The number of aliphatic hydroxyl groups is 1. The molecule has 1 N–H and O–H groups in total. The van der Waals surface area contributed by atoms with Crippen LogP contribution in [0.15, 0.2) is 0 Å². The van der Waals surface area contributed by atoms with Crippen molar-refractivity contribution in [2.75, 3.05) is 13.2 Å². The molecule has 0 saturated heterocycles. The molecule has 0 bridgehead atoms. The van der Waals surface area contributed by atoms with Gasteiger partial charge in [0, 0.05) is 31.3 Å². The van der Waals surface area contributed by atoms with Gasteiger partial charge in [-0.05, 0) is 30.6 Å². The van der Waals surface area contributed by atoms with Crippen molar-refractivity contribution in [3.05, 3.63) is 0 Å². The van der Waals surface area contributed by atoms with E-state index in [9.17, 15) is 14.7 Å². The number of rotatable bonds is 5. The molecule has 4 heteroatoms. The van der Waals surface area contributed by atoms with Crippen molar-refractivity contribution in [1.82, 2.24) is 0 Å². The third kappa shape index (κ3) is 2.62. The SMILES string of the molecule is CCC[C@@H]1C(=O)[C@@H]2[C@@H](COC(C)=O)C[C@@H](CO)[C@@H]2[C@H]1C. The molecule has 0 aromatic carbocycles. The quantitative estimate of drug-likeness (QED) is 0.784. The monoisotopic (exact) mass is 282 g/mol. The Hall–Kier alpha value is -0.900. The van der Waals surface area contributed by atoms with E-state index in [1.165, 1.54) is 6.92 Å². The first-order chi connectivity index (χ1) is 9.51. The number of ether oxygens (including phenoxy) is 1. The second-order valence-corrected chi connectivity index (χ2v) is 6.50. The first-order valence-corrected chi connectivity index (χ1v) is 7.79. The van der Waals surface area contributed by atoms with Crippen LogP contribution in [0, 0.1) is 35.5 Å². The van der Waals surface area contributed by atoms with Gasteiger partial charge in [0.05, 0.1) is 6.61 Å². The van der Waals surface area contributed by atoms with Crippen molar-refractivity contribution in [2.45, 2.75) is 40.0 Å². The number of hydrogen-bond acceptors (Lipinski definition) is 4. The number of esters is 1. The van der Waals surface area contributed by atoms with Gasteiger partial charge in [0.25, 0.3) is 0 Å². The molecule has 114 valence electrons. The lowest BCUT2D eigenvalue weighted by molar-refractivity contribution is -0.143. The van der Waals surface area contributed by atoms with Gasteiger partial charge in [0.2, 0.25) is 0 Å². The summed E-state index contributed by atoms with van der Waals surface area (Å²) in [5, 5.41) is 9.61. The van der Waals surface area contributed by atoms with Gasteiger partial charge >= 0.3 is 5.97 Å². The number of carbonyl (C=O) groups excluding carboxylic acids is 2. The van der Waals surface area contributed by atoms with Gasteiger partial charge in [-0.3, -0.25) is 9.59 Å². The summed E-state index contributed by atoms with van der Waals surface area (Å²) in [7, 11) is 0. The zero-order valence-electron chi connectivity index (χ0n) is 12.7. The average Bonchev–Trinajstić information content (AvgIpc) is 2.89. The van der Waals surface area contributed by atoms with E-state index in [0.29, 0.717) is 18.3 Å². The predicted octanol–water partition coefficient (Wildman–Crippen LogP) is 2.05. The number of carbonyl (C=O) groups is 2. The molecule has 2 fully saturated rings. The summed E-state index contributed by atoms with van der Waals surface area (Å²) in [6.07, 6.45) is 2.75. The maximum absolute atomic E-state index is 12.7. The Balaban J connectivity index is 2.15. The summed E-state index contributed by atoms with van der Waals surface area (Å²) in [5.74, 6) is 1.05. The summed E-state index contributed by atoms with van der Waals surface area (Å²) < 4.78 is 5.13. The number of ketones is 1. The highest BCUT2D eigenvalue weighted by atomic mass is 16.5. The van der Waals surface area contributed by atoms with Crippen LogP contribution in [0.5, 0.6) is 0 Å². The molecule has 20 heavy (non-hydrogen) atoms. The Morgan fingerprint density at radius 3 is 2.65 bits per heavy atom. The van der Waals surface area contributed by atoms with Crippen molar-refractivity contribution >= 4 is 11.8 Å². The maximum atomic E-state index is 12.7. The normalized spacial score (nSPS) is 39.9.